The molecule has 0 amide bonds. The highest BCUT2D eigenvalue weighted by Crippen LogP contribution is 2.32. The van der Waals surface area contributed by atoms with Gasteiger partial charge in [-0.1, -0.05) is 13.8 Å². The van der Waals surface area contributed by atoms with Crippen LogP contribution in [-0.2, 0) is 16.0 Å². The van der Waals surface area contributed by atoms with Gasteiger partial charge in [0.15, 0.2) is 0 Å². The number of carbonyl (C=O) groups is 1. The van der Waals surface area contributed by atoms with Crippen molar-refractivity contribution in [2.45, 2.75) is 51.6 Å². The average molecular weight is 268 g/mol. The molecule has 2 rings (SSSR count). The van der Waals surface area contributed by atoms with Gasteiger partial charge in [0.1, 0.15) is 0 Å². The quantitative estimate of drug-likeness (QED) is 0.849. The van der Waals surface area contributed by atoms with Gasteiger partial charge in [-0.3, -0.25) is 4.79 Å². The van der Waals surface area contributed by atoms with E-state index in [2.05, 4.69) is 17.1 Å². The number of hydrogen-bond acceptors (Lipinski definition) is 5. The molecule has 6 heteroatoms. The van der Waals surface area contributed by atoms with Crippen molar-refractivity contribution in [2.24, 2.45) is 5.92 Å². The van der Waals surface area contributed by atoms with Crippen LogP contribution in [0.5, 0.6) is 0 Å². The molecule has 1 aliphatic heterocycles. The largest absolute Gasteiger partial charge is 0.481 e. The maximum Gasteiger partial charge on any atom is 0.303 e. The van der Waals surface area contributed by atoms with Gasteiger partial charge in [-0.05, 0) is 18.8 Å². The van der Waals surface area contributed by atoms with Crippen molar-refractivity contribution in [3.63, 3.8) is 0 Å². The summed E-state index contributed by atoms with van der Waals surface area (Å²) in [6.07, 6.45) is 2.61. The number of nitrogens with zero attached hydrogens (tertiary/aromatic N) is 2. The minimum Gasteiger partial charge on any atom is -0.481 e. The lowest BCUT2D eigenvalue weighted by molar-refractivity contribution is -0.137. The van der Waals surface area contributed by atoms with Gasteiger partial charge in [-0.15, -0.1) is 10.2 Å². The lowest BCUT2D eigenvalue weighted by Crippen LogP contribution is -2.13. The van der Waals surface area contributed by atoms with Crippen molar-refractivity contribution >= 4 is 5.97 Å². The molecule has 0 spiro atoms. The van der Waals surface area contributed by atoms with E-state index in [9.17, 15) is 4.79 Å². The van der Waals surface area contributed by atoms with E-state index in [1.165, 1.54) is 0 Å². The van der Waals surface area contributed by atoms with E-state index in [0.717, 1.165) is 19.4 Å². The molecule has 0 aromatic carbocycles. The highest BCUT2D eigenvalue weighted by atomic mass is 16.5. The smallest absolute Gasteiger partial charge is 0.303 e. The third-order valence-electron chi connectivity index (χ3n) is 3.46. The molecular formula is C13H20N2O4. The number of hydrogen-bond donors (Lipinski definition) is 1. The molecule has 0 saturated carbocycles. The number of rotatable bonds is 6. The Morgan fingerprint density at radius 3 is 3.00 bits per heavy atom. The third kappa shape index (κ3) is 3.53. The topological polar surface area (TPSA) is 85.5 Å². The monoisotopic (exact) mass is 268 g/mol. The molecule has 0 bridgehead atoms. The first-order chi connectivity index (χ1) is 9.10. The van der Waals surface area contributed by atoms with Crippen LogP contribution in [0.3, 0.4) is 0 Å². The van der Waals surface area contributed by atoms with Crippen LogP contribution >= 0.6 is 0 Å². The van der Waals surface area contributed by atoms with Gasteiger partial charge < -0.3 is 14.3 Å². The molecular weight excluding hydrogens is 248 g/mol. The second-order valence-electron chi connectivity index (χ2n) is 5.15. The van der Waals surface area contributed by atoms with Gasteiger partial charge >= 0.3 is 5.97 Å². The van der Waals surface area contributed by atoms with Crippen LogP contribution in [0.1, 0.15) is 50.8 Å². The van der Waals surface area contributed by atoms with Gasteiger partial charge in [0, 0.05) is 19.4 Å². The van der Waals surface area contributed by atoms with Crippen molar-refractivity contribution in [1.82, 2.24) is 10.2 Å². The number of carboxylic acids is 1. The fourth-order valence-electron chi connectivity index (χ4n) is 2.50. The number of aromatic nitrogens is 2. The first kappa shape index (κ1) is 14.0. The molecule has 19 heavy (non-hydrogen) atoms. The number of aliphatic carboxylic acids is 1. The Labute approximate surface area is 112 Å². The molecule has 106 valence electrons. The van der Waals surface area contributed by atoms with Crippen molar-refractivity contribution in [3.8, 4) is 0 Å². The summed E-state index contributed by atoms with van der Waals surface area (Å²) in [6.45, 7) is 4.68. The summed E-state index contributed by atoms with van der Waals surface area (Å²) >= 11 is 0. The van der Waals surface area contributed by atoms with E-state index < -0.39 is 5.97 Å². The average Bonchev–Trinajstić information content (AvgIpc) is 2.94. The van der Waals surface area contributed by atoms with Crippen LogP contribution in [0.4, 0.5) is 0 Å². The van der Waals surface area contributed by atoms with Crippen LogP contribution in [0, 0.1) is 5.92 Å². The normalized spacial score (nSPS) is 24.5. The molecule has 1 aromatic heterocycles. The zero-order valence-electron chi connectivity index (χ0n) is 11.3. The zero-order valence-corrected chi connectivity index (χ0v) is 11.3. The Balaban J connectivity index is 1.97. The summed E-state index contributed by atoms with van der Waals surface area (Å²) in [7, 11) is 0. The Morgan fingerprint density at radius 1 is 1.53 bits per heavy atom. The summed E-state index contributed by atoms with van der Waals surface area (Å²) in [4.78, 5) is 10.6. The predicted molar refractivity (Wildman–Crippen MR) is 66.8 cm³/mol. The molecule has 1 aliphatic rings. The molecule has 1 fully saturated rings. The summed E-state index contributed by atoms with van der Waals surface area (Å²) in [5.41, 5.74) is 0. The fourth-order valence-corrected chi connectivity index (χ4v) is 2.50. The molecule has 3 unspecified atom stereocenters. The van der Waals surface area contributed by atoms with Gasteiger partial charge in [-0.25, -0.2) is 0 Å². The van der Waals surface area contributed by atoms with Crippen LogP contribution < -0.4 is 0 Å². The second kappa shape index (κ2) is 6.14. The SMILES string of the molecule is CCC1OCCC1c1nnc(CC(C)CC(=O)O)o1. The highest BCUT2D eigenvalue weighted by Gasteiger charge is 2.32. The zero-order chi connectivity index (χ0) is 13.8. The minimum atomic E-state index is -0.803. The maximum atomic E-state index is 10.6. The maximum absolute atomic E-state index is 10.6. The van der Waals surface area contributed by atoms with Gasteiger partial charge in [0.05, 0.1) is 12.0 Å². The van der Waals surface area contributed by atoms with E-state index >= 15 is 0 Å². The van der Waals surface area contributed by atoms with Crippen LogP contribution in [0.2, 0.25) is 0 Å². The summed E-state index contributed by atoms with van der Waals surface area (Å²) < 4.78 is 11.3. The standard InChI is InChI=1S/C13H20N2O4/c1-3-10-9(4-5-18-10)13-15-14-11(19-13)6-8(2)7-12(16)17/h8-10H,3-7H2,1-2H3,(H,16,17). The van der Waals surface area contributed by atoms with Crippen LogP contribution in [0.25, 0.3) is 0 Å². The molecule has 3 atom stereocenters. The van der Waals surface area contributed by atoms with Crippen molar-refractivity contribution < 1.29 is 19.1 Å². The molecule has 1 saturated heterocycles. The van der Waals surface area contributed by atoms with Gasteiger partial charge in [-0.2, -0.15) is 0 Å². The lowest BCUT2D eigenvalue weighted by atomic mass is 10.00. The van der Waals surface area contributed by atoms with E-state index in [1.807, 2.05) is 6.92 Å². The molecule has 0 radical (unpaired) electrons. The first-order valence-electron chi connectivity index (χ1n) is 6.75. The van der Waals surface area contributed by atoms with E-state index in [0.29, 0.717) is 18.2 Å². The molecule has 1 aromatic rings. The minimum absolute atomic E-state index is 0.00685. The van der Waals surface area contributed by atoms with Crippen molar-refractivity contribution in [2.75, 3.05) is 6.61 Å². The fraction of sp³-hybridized carbons (Fsp3) is 0.769. The predicted octanol–water partition coefficient (Wildman–Crippen LogP) is 2.01. The summed E-state index contributed by atoms with van der Waals surface area (Å²) in [5.74, 6) is 0.517. The molecule has 6 nitrogen and oxygen atoms in total. The van der Waals surface area contributed by atoms with E-state index in [-0.39, 0.29) is 24.4 Å². The summed E-state index contributed by atoms with van der Waals surface area (Å²) in [6, 6.07) is 0. The molecule has 0 aliphatic carbocycles. The second-order valence-corrected chi connectivity index (χ2v) is 5.15. The van der Waals surface area contributed by atoms with Crippen LogP contribution in [-0.4, -0.2) is 34.0 Å². The van der Waals surface area contributed by atoms with E-state index in [1.54, 1.807) is 0 Å². The molecule has 2 heterocycles. The number of ether oxygens (including phenoxy) is 1. The Kier molecular flexibility index (Phi) is 4.52. The van der Waals surface area contributed by atoms with Gasteiger partial charge in [0.2, 0.25) is 11.8 Å². The molecule has 1 N–H and O–H groups in total. The summed E-state index contributed by atoms with van der Waals surface area (Å²) in [5, 5.41) is 16.8. The number of carboxylic acid groups (broad SMARTS) is 1. The highest BCUT2D eigenvalue weighted by molar-refractivity contribution is 5.66. The van der Waals surface area contributed by atoms with Crippen molar-refractivity contribution in [3.05, 3.63) is 11.8 Å². The van der Waals surface area contributed by atoms with Crippen LogP contribution in [0.15, 0.2) is 4.42 Å². The first-order valence-corrected chi connectivity index (χ1v) is 6.75. The lowest BCUT2D eigenvalue weighted by Gasteiger charge is -2.12. The Bertz CT molecular complexity index is 432. The Hall–Kier alpha value is -1.43. The third-order valence-corrected chi connectivity index (χ3v) is 3.46. The Morgan fingerprint density at radius 2 is 2.32 bits per heavy atom. The van der Waals surface area contributed by atoms with Crippen molar-refractivity contribution in [1.29, 1.82) is 0 Å². The van der Waals surface area contributed by atoms with Gasteiger partial charge in [0.25, 0.3) is 0 Å². The van der Waals surface area contributed by atoms with E-state index in [4.69, 9.17) is 14.3 Å².